The summed E-state index contributed by atoms with van der Waals surface area (Å²) in [5, 5.41) is 2.28. The molecule has 0 fully saturated rings. The predicted molar refractivity (Wildman–Crippen MR) is 205 cm³/mol. The van der Waals surface area contributed by atoms with Crippen molar-refractivity contribution in [2.75, 3.05) is 0 Å². The van der Waals surface area contributed by atoms with E-state index in [1.165, 1.54) is 10.9 Å². The van der Waals surface area contributed by atoms with Crippen LogP contribution in [0.5, 0.6) is 11.6 Å². The zero-order chi connectivity index (χ0) is 50.5. The molecule has 0 bridgehead atoms. The fourth-order valence-corrected chi connectivity index (χ4v) is 7.72. The summed E-state index contributed by atoms with van der Waals surface area (Å²) in [6.07, 6.45) is -5.13. The van der Waals surface area contributed by atoms with Crippen molar-refractivity contribution in [3.63, 3.8) is 0 Å². The molecule has 2 nitrogen and oxygen atoms in total. The van der Waals surface area contributed by atoms with Crippen LogP contribution in [0.25, 0.3) is 10.8 Å². The summed E-state index contributed by atoms with van der Waals surface area (Å²) in [5.74, 6) is -69.7. The molecule has 0 saturated carbocycles. The van der Waals surface area contributed by atoms with Gasteiger partial charge in [0.05, 0.1) is 5.39 Å². The van der Waals surface area contributed by atoms with Crippen LogP contribution < -0.4 is 31.2 Å². The Hall–Kier alpha value is -7.59. The topological polar surface area (TPSA) is 13.1 Å². The van der Waals surface area contributed by atoms with E-state index in [1.807, 2.05) is 42.5 Å². The maximum atomic E-state index is 15.4. The third-order valence-corrected chi connectivity index (χ3v) is 10.7. The van der Waals surface area contributed by atoms with Crippen molar-refractivity contribution in [3.05, 3.63) is 219 Å². The molecule has 0 aliphatic carbocycles. The van der Waals surface area contributed by atoms with Gasteiger partial charge in [-0.2, -0.15) is 4.57 Å². The Balaban J connectivity index is 0.000000244. The van der Waals surface area contributed by atoms with E-state index in [0.29, 0.717) is 0 Å². The fraction of sp³-hybridized carbons (Fsp3) is 0.0217. The Bertz CT molecular complexity index is 2960. The zero-order valence-corrected chi connectivity index (χ0v) is 33.4. The highest BCUT2D eigenvalue weighted by Gasteiger charge is 2.52. The van der Waals surface area contributed by atoms with Crippen LogP contribution in [-0.4, -0.2) is 6.15 Å². The molecule has 0 unspecified atom stereocenters. The number of halogens is 20. The van der Waals surface area contributed by atoms with E-state index in [2.05, 4.69) is 59.3 Å². The second kappa shape index (κ2) is 18.8. The summed E-state index contributed by atoms with van der Waals surface area (Å²) in [7, 11) is 0. The molecular weight excluding hydrogens is 973 g/mol. The van der Waals surface area contributed by atoms with Crippen LogP contribution in [0.4, 0.5) is 87.8 Å². The minimum atomic E-state index is -7.22. The molecule has 7 aromatic carbocycles. The number of hydrogen-bond donors (Lipinski definition) is 0. The lowest BCUT2D eigenvalue weighted by molar-refractivity contribution is -0.691. The summed E-state index contributed by atoms with van der Waals surface area (Å²) in [6, 6.07) is 30.8. The molecule has 356 valence electrons. The smallest absolute Gasteiger partial charge is 0.381 e. The second-order valence-corrected chi connectivity index (χ2v) is 14.5. The average molecular weight is 991 g/mol. The quantitative estimate of drug-likeness (QED) is 0.0486. The third-order valence-electron chi connectivity index (χ3n) is 10.7. The first-order chi connectivity index (χ1) is 32.6. The molecule has 0 spiro atoms. The fourth-order valence-electron chi connectivity index (χ4n) is 7.72. The molecule has 0 aliphatic rings. The molecule has 0 atom stereocenters. The number of fused-ring (bicyclic) bond motifs is 1. The predicted octanol–water partition coefficient (Wildman–Crippen LogP) is 10.8. The first-order valence-corrected chi connectivity index (χ1v) is 19.0. The molecule has 0 N–H and O–H groups in total. The lowest BCUT2D eigenvalue weighted by atomic mass is 9.12. The van der Waals surface area contributed by atoms with Crippen LogP contribution in [0.15, 0.2) is 97.2 Å². The Morgan fingerprint density at radius 1 is 0.319 bits per heavy atom. The summed E-state index contributed by atoms with van der Waals surface area (Å²) in [6.45, 7) is 0.772. The number of ether oxygens (including phenoxy) is 1. The Morgan fingerprint density at radius 2 is 0.609 bits per heavy atom. The third kappa shape index (κ3) is 8.01. The van der Waals surface area contributed by atoms with Crippen LogP contribution in [0.2, 0.25) is 0 Å². The van der Waals surface area contributed by atoms with E-state index in [1.54, 1.807) is 0 Å². The number of rotatable bonds is 8. The van der Waals surface area contributed by atoms with Gasteiger partial charge in [-0.3, -0.25) is 0 Å². The van der Waals surface area contributed by atoms with Crippen molar-refractivity contribution in [1.82, 2.24) is 0 Å². The average Bonchev–Trinajstić information content (AvgIpc) is 3.35. The van der Waals surface area contributed by atoms with Gasteiger partial charge >= 0.3 is 5.88 Å². The van der Waals surface area contributed by atoms with Crippen molar-refractivity contribution in [3.8, 4) is 11.6 Å². The highest BCUT2D eigenvalue weighted by molar-refractivity contribution is 7.20. The molecule has 1 aromatic heterocycles. The molecule has 8 rings (SSSR count). The number of pyridine rings is 1. The molecule has 23 heteroatoms. The molecule has 0 saturated heterocycles. The van der Waals surface area contributed by atoms with Gasteiger partial charge in [0.25, 0.3) is 0 Å². The molecule has 0 radical (unpaired) electrons. The van der Waals surface area contributed by atoms with Crippen LogP contribution in [0.3, 0.4) is 0 Å². The van der Waals surface area contributed by atoms with E-state index >= 15 is 35.1 Å². The summed E-state index contributed by atoms with van der Waals surface area (Å²) in [4.78, 5) is 0. The Labute approximate surface area is 372 Å². The summed E-state index contributed by atoms with van der Waals surface area (Å²) < 4.78 is 302. The SMILES string of the molecule is Fc1c(F)c(F)c([B-](c2c(F)c(F)c(F)c(F)c2F)(c2c(F)c(F)c(F)c(F)c2F)c2c(F)c(F)c(F)c(F)c2F)c(F)c1F.c1ccc(C[n+]2ccc3ccccc3c2Oc2ccccc2)cc1. The van der Waals surface area contributed by atoms with Gasteiger partial charge < -0.3 is 4.74 Å². The molecule has 69 heavy (non-hydrogen) atoms. The highest BCUT2D eigenvalue weighted by Crippen LogP contribution is 2.31. The van der Waals surface area contributed by atoms with Crippen LogP contribution in [0.1, 0.15) is 5.56 Å². The van der Waals surface area contributed by atoms with Crippen molar-refractivity contribution in [1.29, 1.82) is 0 Å². The lowest BCUT2D eigenvalue weighted by Crippen LogP contribution is -2.81. The number of aromatic nitrogens is 1. The zero-order valence-electron chi connectivity index (χ0n) is 33.4. The number of nitrogens with zero attached hydrogens (tertiary/aromatic N) is 1. The van der Waals surface area contributed by atoms with Gasteiger partial charge in [0.2, 0.25) is 0 Å². The van der Waals surface area contributed by atoms with Crippen molar-refractivity contribution in [2.45, 2.75) is 6.54 Å². The monoisotopic (exact) mass is 991 g/mol. The van der Waals surface area contributed by atoms with Crippen molar-refractivity contribution in [2.24, 2.45) is 0 Å². The van der Waals surface area contributed by atoms with E-state index in [0.717, 1.165) is 23.6 Å². The second-order valence-electron chi connectivity index (χ2n) is 14.5. The van der Waals surface area contributed by atoms with E-state index in [9.17, 15) is 52.7 Å². The molecule has 0 amide bonds. The van der Waals surface area contributed by atoms with Crippen LogP contribution in [-0.2, 0) is 6.54 Å². The van der Waals surface area contributed by atoms with Gasteiger partial charge in [0.15, 0.2) is 82.5 Å². The van der Waals surface area contributed by atoms with Crippen molar-refractivity contribution >= 4 is 38.8 Å². The van der Waals surface area contributed by atoms with E-state index in [-0.39, 0.29) is 0 Å². The lowest BCUT2D eigenvalue weighted by Gasteiger charge is -2.44. The van der Waals surface area contributed by atoms with Crippen LogP contribution >= 0.6 is 0 Å². The Kier molecular flexibility index (Phi) is 13.5. The first-order valence-electron chi connectivity index (χ1n) is 19.0. The molecule has 8 aromatic rings. The van der Waals surface area contributed by atoms with Crippen molar-refractivity contribution < 1.29 is 97.1 Å². The van der Waals surface area contributed by atoms with Gasteiger partial charge in [0, 0.05) is 11.6 Å². The number of benzene rings is 7. The van der Waals surface area contributed by atoms with Crippen LogP contribution in [0, 0.1) is 116 Å². The highest BCUT2D eigenvalue weighted by atomic mass is 19.2. The molecule has 0 aliphatic heterocycles. The normalized spacial score (nSPS) is 11.5. The minimum absolute atomic E-state index is 0.772. The first kappa shape index (κ1) is 49.3. The van der Waals surface area contributed by atoms with Gasteiger partial charge in [-0.25, -0.2) is 87.8 Å². The minimum Gasteiger partial charge on any atom is -0.405 e. The van der Waals surface area contributed by atoms with E-state index in [4.69, 9.17) is 4.74 Å². The molecular formula is C46H18BF20NO. The number of para-hydroxylation sites is 1. The largest absolute Gasteiger partial charge is 0.405 e. The van der Waals surface area contributed by atoms with Gasteiger partial charge in [0.1, 0.15) is 58.4 Å². The van der Waals surface area contributed by atoms with Gasteiger partial charge in [-0.15, -0.1) is 21.9 Å². The van der Waals surface area contributed by atoms with Gasteiger partial charge in [-0.05, 0) is 23.6 Å². The maximum Gasteiger partial charge on any atom is 0.381 e. The number of hydrogen-bond acceptors (Lipinski definition) is 1. The Morgan fingerprint density at radius 3 is 0.957 bits per heavy atom. The molecule has 1 heterocycles. The standard InChI is InChI=1S/C24BF20.C22H18NO/c26-5-1(6(27)14(35)21(42)13(5)34)25(2-7(28)15(36)22(43)16(37)8(2)29,3-9(30)17(38)23(44)18(39)10(3)31)4-11(32)19(40)24(45)20(41)12(4)33;1-3-9-18(10-4-1)17-23-16-15-19-11-7-8-14-21(19)22(23)24-20-12-5-2-6-13-20/h;1-16H,17H2/q-1;+1. The summed E-state index contributed by atoms with van der Waals surface area (Å²) >= 11 is 0. The van der Waals surface area contributed by atoms with E-state index < -0.39 is 144 Å². The summed E-state index contributed by atoms with van der Waals surface area (Å²) in [5.41, 5.74) is -13.1. The van der Waals surface area contributed by atoms with Gasteiger partial charge in [-0.1, -0.05) is 66.7 Å². The maximum absolute atomic E-state index is 15.4.